The molecule has 5 nitrogen and oxygen atoms in total. The van der Waals surface area contributed by atoms with Crippen molar-refractivity contribution in [3.05, 3.63) is 47.3 Å². The van der Waals surface area contributed by atoms with Gasteiger partial charge in [0.25, 0.3) is 5.91 Å². The summed E-state index contributed by atoms with van der Waals surface area (Å²) in [7, 11) is 1.58. The van der Waals surface area contributed by atoms with Gasteiger partial charge in [0.15, 0.2) is 0 Å². The number of anilines is 1. The zero-order chi connectivity index (χ0) is 17.1. The number of fused-ring (bicyclic) bond motifs is 1. The number of aromatic nitrogens is 1. The number of aliphatic hydroxyl groups excluding tert-OH is 1. The van der Waals surface area contributed by atoms with Crippen molar-refractivity contribution in [2.45, 2.75) is 19.4 Å². The Kier molecular flexibility index (Phi) is 4.41. The summed E-state index contributed by atoms with van der Waals surface area (Å²) in [5.74, 6) is 6.25. The van der Waals surface area contributed by atoms with Crippen LogP contribution in [0.15, 0.2) is 30.5 Å². The van der Waals surface area contributed by atoms with Gasteiger partial charge < -0.3 is 20.1 Å². The van der Waals surface area contributed by atoms with Crippen LogP contribution in [-0.2, 0) is 4.79 Å². The molecule has 1 unspecified atom stereocenters. The number of carbonyl (C=O) groups excluding carboxylic acids is 1. The molecule has 24 heavy (non-hydrogen) atoms. The number of amides is 1. The minimum Gasteiger partial charge on any atom is -0.495 e. The van der Waals surface area contributed by atoms with Crippen molar-refractivity contribution in [1.82, 2.24) is 4.98 Å². The number of carbonyl (C=O) groups is 1. The lowest BCUT2D eigenvalue weighted by atomic mass is 9.99. The molecule has 2 heterocycles. The van der Waals surface area contributed by atoms with E-state index in [1.165, 1.54) is 0 Å². The maximum absolute atomic E-state index is 12.4. The van der Waals surface area contributed by atoms with Gasteiger partial charge in [-0.3, -0.25) is 4.79 Å². The molecule has 5 heteroatoms. The van der Waals surface area contributed by atoms with Gasteiger partial charge in [0.1, 0.15) is 11.9 Å². The predicted octanol–water partition coefficient (Wildman–Crippen LogP) is 2.64. The van der Waals surface area contributed by atoms with E-state index in [0.717, 1.165) is 11.3 Å². The Hall–Kier alpha value is -2.97. The van der Waals surface area contributed by atoms with Gasteiger partial charge in [0, 0.05) is 17.3 Å². The summed E-state index contributed by atoms with van der Waals surface area (Å²) < 4.78 is 5.27. The van der Waals surface area contributed by atoms with E-state index >= 15 is 0 Å². The topological polar surface area (TPSA) is 74.3 Å². The molecule has 122 valence electrons. The first-order valence-corrected chi connectivity index (χ1v) is 7.71. The molecule has 0 saturated heterocycles. The molecule has 0 saturated carbocycles. The van der Waals surface area contributed by atoms with Crippen LogP contribution in [0.3, 0.4) is 0 Å². The molecule has 0 fully saturated rings. The van der Waals surface area contributed by atoms with Crippen LogP contribution in [0.2, 0.25) is 0 Å². The lowest BCUT2D eigenvalue weighted by molar-refractivity contribution is -0.110. The van der Waals surface area contributed by atoms with E-state index in [1.807, 2.05) is 25.1 Å². The van der Waals surface area contributed by atoms with E-state index < -0.39 is 6.10 Å². The quantitative estimate of drug-likeness (QED) is 0.601. The normalized spacial score (nSPS) is 15.5. The highest BCUT2D eigenvalue weighted by atomic mass is 16.5. The summed E-state index contributed by atoms with van der Waals surface area (Å²) in [6.07, 6.45) is 3.38. The summed E-state index contributed by atoms with van der Waals surface area (Å²) in [6.45, 7) is 1.86. The van der Waals surface area contributed by atoms with E-state index in [2.05, 4.69) is 22.1 Å². The molecule has 1 aliphatic rings. The summed E-state index contributed by atoms with van der Waals surface area (Å²) in [4.78, 5) is 15.4. The second kappa shape index (κ2) is 6.65. The van der Waals surface area contributed by atoms with Crippen LogP contribution in [0.25, 0.3) is 11.6 Å². The first-order chi connectivity index (χ1) is 11.6. The van der Waals surface area contributed by atoms with E-state index in [9.17, 15) is 9.90 Å². The Balaban J connectivity index is 2.10. The summed E-state index contributed by atoms with van der Waals surface area (Å²) in [5.41, 5.74) is 3.40. The number of nitrogens with one attached hydrogen (secondary N) is 2. The maximum Gasteiger partial charge on any atom is 0.256 e. The highest BCUT2D eigenvalue weighted by Gasteiger charge is 2.26. The summed E-state index contributed by atoms with van der Waals surface area (Å²) in [6, 6.07) is 7.30. The van der Waals surface area contributed by atoms with Gasteiger partial charge in [-0.15, -0.1) is 0 Å². The molecule has 0 aliphatic carbocycles. The van der Waals surface area contributed by atoms with Crippen molar-refractivity contribution < 1.29 is 14.6 Å². The average Bonchev–Trinajstić information content (AvgIpc) is 3.17. The Labute approximate surface area is 140 Å². The molecule has 1 aliphatic heterocycles. The average molecular weight is 322 g/mol. The van der Waals surface area contributed by atoms with Crippen LogP contribution in [0.4, 0.5) is 5.69 Å². The first-order valence-electron chi connectivity index (χ1n) is 7.71. The number of H-pyrrole nitrogens is 1. The van der Waals surface area contributed by atoms with Gasteiger partial charge in [-0.05, 0) is 30.7 Å². The van der Waals surface area contributed by atoms with Crippen LogP contribution < -0.4 is 10.1 Å². The Morgan fingerprint density at radius 3 is 2.96 bits per heavy atom. The molecule has 1 aromatic heterocycles. The van der Waals surface area contributed by atoms with Crippen LogP contribution in [0.1, 0.15) is 30.2 Å². The molecule has 0 radical (unpaired) electrons. The van der Waals surface area contributed by atoms with Gasteiger partial charge in [0.2, 0.25) is 0 Å². The molecule has 0 bridgehead atoms. The van der Waals surface area contributed by atoms with Gasteiger partial charge in [-0.25, -0.2) is 0 Å². The van der Waals surface area contributed by atoms with Crippen molar-refractivity contribution in [3.8, 4) is 17.6 Å². The molecule has 0 spiro atoms. The number of benzene rings is 1. The smallest absolute Gasteiger partial charge is 0.256 e. The van der Waals surface area contributed by atoms with Crippen LogP contribution >= 0.6 is 0 Å². The monoisotopic (exact) mass is 322 g/mol. The van der Waals surface area contributed by atoms with E-state index in [4.69, 9.17) is 4.74 Å². The largest absolute Gasteiger partial charge is 0.495 e. The van der Waals surface area contributed by atoms with E-state index in [1.54, 1.807) is 25.4 Å². The Morgan fingerprint density at radius 2 is 2.21 bits per heavy atom. The summed E-state index contributed by atoms with van der Waals surface area (Å²) >= 11 is 0. The Morgan fingerprint density at radius 1 is 1.38 bits per heavy atom. The fourth-order valence-electron chi connectivity index (χ4n) is 2.56. The zero-order valence-corrected chi connectivity index (χ0v) is 13.5. The number of ether oxygens (including phenoxy) is 1. The highest BCUT2D eigenvalue weighted by Crippen LogP contribution is 2.36. The van der Waals surface area contributed by atoms with Crippen molar-refractivity contribution >= 4 is 23.2 Å². The molecule has 2 aromatic rings. The van der Waals surface area contributed by atoms with Crippen LogP contribution in [-0.4, -0.2) is 29.2 Å². The van der Waals surface area contributed by atoms with Gasteiger partial charge in [0.05, 0.1) is 24.1 Å². The second-order valence-electron chi connectivity index (χ2n) is 5.39. The molecule has 1 aromatic carbocycles. The fraction of sp³-hybridized carbons (Fsp3) is 0.211. The molecular weight excluding hydrogens is 304 g/mol. The lowest BCUT2D eigenvalue weighted by Crippen LogP contribution is -2.03. The number of hydrogen-bond donors (Lipinski definition) is 3. The standard InChI is InChI=1S/C19H18N2O3/c1-3-13(22)8-7-12-5-4-6-15-18(12)14(19(23)21-15)11-16-17(24-2)9-10-20-16/h4-6,9-11,13,20,22H,3H2,1-2H3,(H,21,23). The number of aromatic amines is 1. The second-order valence-corrected chi connectivity index (χ2v) is 5.39. The lowest BCUT2D eigenvalue weighted by Gasteiger charge is -2.03. The molecule has 1 atom stereocenters. The molecule has 3 rings (SSSR count). The third-order valence-corrected chi connectivity index (χ3v) is 3.83. The minimum atomic E-state index is -0.679. The third-order valence-electron chi connectivity index (χ3n) is 3.83. The van der Waals surface area contributed by atoms with E-state index in [0.29, 0.717) is 29.0 Å². The van der Waals surface area contributed by atoms with Gasteiger partial charge >= 0.3 is 0 Å². The van der Waals surface area contributed by atoms with Crippen molar-refractivity contribution in [2.75, 3.05) is 12.4 Å². The number of methoxy groups -OCH3 is 1. The van der Waals surface area contributed by atoms with Gasteiger partial charge in [-0.1, -0.05) is 24.8 Å². The maximum atomic E-state index is 12.4. The molecule has 3 N–H and O–H groups in total. The van der Waals surface area contributed by atoms with E-state index in [-0.39, 0.29) is 5.91 Å². The molecular formula is C19H18N2O3. The SMILES string of the molecule is CCC(O)C#Cc1cccc2c1C(=Cc1[nH]ccc1OC)C(=O)N2. The van der Waals surface area contributed by atoms with Crippen LogP contribution in [0.5, 0.6) is 5.75 Å². The number of hydrogen-bond acceptors (Lipinski definition) is 3. The van der Waals surface area contributed by atoms with Crippen molar-refractivity contribution in [3.63, 3.8) is 0 Å². The van der Waals surface area contributed by atoms with Gasteiger partial charge in [-0.2, -0.15) is 0 Å². The van der Waals surface area contributed by atoms with Crippen LogP contribution in [0, 0.1) is 11.8 Å². The predicted molar refractivity (Wildman–Crippen MR) is 93.5 cm³/mol. The number of aliphatic hydroxyl groups is 1. The zero-order valence-electron chi connectivity index (χ0n) is 13.5. The highest BCUT2D eigenvalue weighted by molar-refractivity contribution is 6.35. The fourth-order valence-corrected chi connectivity index (χ4v) is 2.56. The Bertz CT molecular complexity index is 868. The summed E-state index contributed by atoms with van der Waals surface area (Å²) in [5, 5.41) is 12.5. The van der Waals surface area contributed by atoms with Crippen molar-refractivity contribution in [1.29, 1.82) is 0 Å². The first kappa shape index (κ1) is 15.9. The number of rotatable bonds is 3. The third kappa shape index (κ3) is 2.92. The molecule has 1 amide bonds. The van der Waals surface area contributed by atoms with Crippen molar-refractivity contribution in [2.24, 2.45) is 0 Å². The minimum absolute atomic E-state index is 0.188.